The smallest absolute Gasteiger partial charge is 0.870 e. The van der Waals surface area contributed by atoms with Gasteiger partial charge in [-0.3, -0.25) is 9.59 Å². The second kappa shape index (κ2) is 93.3. The molecule has 5 nitrogen and oxygen atoms in total. The standard InChI is InChI=1S/C17H18OS2.5C12H20S.C11H17NS3.C9H7ClO.C8H11BrS.2C8H12S2.C3H6NS.Na.H2O.H2S/c1-13-12-16(14(2)20-13)10-11-19-17(18)9-8-15-6-4-3-5-7-15;5*1-4-5-6-7-8-12-9-10(2)13-11(12)3;1-8-7-10(9(2)15-8)5-6-14-11(13)12(3)4;10-9(11)7-6-8-4-2-1-3-5-8;3*1-6-5-8(3-4-9)7(2)10-6;1-4(2)3-5;;;/h3-9,12H,10-11H2,1-2H3;5*9H,4-8H2,1-3H3;7H,5-6H2,1-4H3;1-7H;5H,3-4H2,1-2H3;2*5,9H,3-4H2,1-2H3;1-2H3;;2*1H2/q;;;;;;;;;;;-1;+1;;/p-2/b9-8+;;;;;;;7-6+;;;;;;;. The van der Waals surface area contributed by atoms with Gasteiger partial charge in [0.2, 0.25) is 10.4 Å². The Morgan fingerprint density at radius 1 is 0.336 bits per heavy atom. The van der Waals surface area contributed by atoms with Gasteiger partial charge in [-0.2, -0.15) is 25.3 Å². The monoisotopic (exact) mass is 2430 g/mol. The van der Waals surface area contributed by atoms with Crippen molar-refractivity contribution in [1.29, 1.82) is 0 Å². The summed E-state index contributed by atoms with van der Waals surface area (Å²) in [6.07, 6.45) is 45.9. The summed E-state index contributed by atoms with van der Waals surface area (Å²) in [6, 6.07) is 42.5. The second-order valence-corrected chi connectivity index (χ2v) is 57.0. The third-order valence-electron chi connectivity index (χ3n) is 23.2. The van der Waals surface area contributed by atoms with Gasteiger partial charge >= 0.3 is 29.6 Å². The van der Waals surface area contributed by atoms with Crippen molar-refractivity contribution in [3.63, 3.8) is 0 Å². The zero-order chi connectivity index (χ0) is 109. The first-order valence-electron chi connectivity index (χ1n) is 52.7. The molecule has 0 radical (unpaired) electrons. The van der Waals surface area contributed by atoms with E-state index >= 15 is 0 Å². The van der Waals surface area contributed by atoms with E-state index in [0.29, 0.717) is 0 Å². The summed E-state index contributed by atoms with van der Waals surface area (Å²) in [5.41, 5.74) is 19.7. The molecule has 0 fully saturated rings. The molecule has 1 N–H and O–H groups in total. The predicted molar refractivity (Wildman–Crippen MR) is 712 cm³/mol. The molecule has 0 amide bonds. The molecule has 0 aliphatic carbocycles. The maximum Gasteiger partial charge on any atom is 1.00 e. The summed E-state index contributed by atoms with van der Waals surface area (Å²) in [5.74, 6) is 3.83. The second-order valence-electron chi connectivity index (χ2n) is 37.3. The molecule has 12 rings (SSSR count). The Hall–Kier alpha value is -2.48. The van der Waals surface area contributed by atoms with Crippen molar-refractivity contribution in [3.05, 3.63) is 298 Å². The molecule has 10 aromatic heterocycles. The maximum absolute atomic E-state index is 11.8. The van der Waals surface area contributed by atoms with Crippen molar-refractivity contribution in [1.82, 2.24) is 9.80 Å². The van der Waals surface area contributed by atoms with Crippen LogP contribution in [0.4, 0.5) is 0 Å². The van der Waals surface area contributed by atoms with Gasteiger partial charge in [0.25, 0.3) is 0 Å². The maximum atomic E-state index is 11.8. The Bertz CT molecular complexity index is 5040. The van der Waals surface area contributed by atoms with Crippen LogP contribution < -0.4 is 29.6 Å². The number of unbranched alkanes of at least 4 members (excludes halogenated alkanes) is 15. The van der Waals surface area contributed by atoms with Crippen LogP contribution in [0, 0.1) is 138 Å². The first-order valence-corrected chi connectivity index (χ1v) is 66.4. The van der Waals surface area contributed by atoms with Crippen molar-refractivity contribution >= 4 is 260 Å². The molecule has 25 heteroatoms. The van der Waals surface area contributed by atoms with E-state index in [4.69, 9.17) is 23.8 Å². The molecule has 0 aliphatic heterocycles. The van der Waals surface area contributed by atoms with Crippen molar-refractivity contribution < 1.29 is 44.6 Å². The van der Waals surface area contributed by atoms with Crippen LogP contribution in [-0.4, -0.2) is 92.0 Å². The van der Waals surface area contributed by atoms with Crippen LogP contribution in [-0.2, 0) is 87.3 Å². The Kier molecular flexibility index (Phi) is 94.3. The molecular weight excluding hydrogens is 2250 g/mol. The number of hydrogen-bond acceptors (Lipinski definition) is 20. The van der Waals surface area contributed by atoms with Gasteiger partial charge in [0, 0.05) is 128 Å². The quantitative estimate of drug-likeness (QED) is 0.00369. The number of benzene rings is 2. The minimum atomic E-state index is -0.450. The first kappa shape index (κ1) is 151. The molecule has 828 valence electrons. The van der Waals surface area contributed by atoms with Gasteiger partial charge < -0.3 is 46.5 Å². The summed E-state index contributed by atoms with van der Waals surface area (Å²) in [4.78, 5) is 54.9. The number of thioether (sulfide) groups is 2. The van der Waals surface area contributed by atoms with Gasteiger partial charge in [0.15, 0.2) is 0 Å². The average Bonchev–Trinajstić information content (AvgIpc) is 1.77. The van der Waals surface area contributed by atoms with Crippen LogP contribution in [0.25, 0.3) is 12.2 Å². The Morgan fingerprint density at radius 3 is 0.718 bits per heavy atom. The van der Waals surface area contributed by atoms with Crippen LogP contribution in [0.2, 0.25) is 0 Å². The molecule has 0 saturated heterocycles. The van der Waals surface area contributed by atoms with Crippen LogP contribution in [0.15, 0.2) is 133 Å². The number of hydrogen-bond donors (Lipinski definition) is 2. The van der Waals surface area contributed by atoms with Gasteiger partial charge in [-0.1, -0.05) is 255 Å². The van der Waals surface area contributed by atoms with Crippen LogP contribution in [0.5, 0.6) is 0 Å². The average molecular weight is 2440 g/mol. The summed E-state index contributed by atoms with van der Waals surface area (Å²) in [5, 5.41) is 0.747. The molecule has 149 heavy (non-hydrogen) atoms. The van der Waals surface area contributed by atoms with Gasteiger partial charge in [-0.05, 0) is 412 Å². The molecule has 0 atom stereocenters. The van der Waals surface area contributed by atoms with Crippen LogP contribution in [0.1, 0.15) is 327 Å². The fourth-order valence-corrected chi connectivity index (χ4v) is 27.9. The molecule has 0 bridgehead atoms. The number of thiol groups is 3. The number of carbonyl (C=O) groups excluding carboxylic acids is 2. The molecule has 0 saturated carbocycles. The SMILES string of the molecule is CCCCCCc1cc(C)sc1C.CCCCCCc1cc(C)sc1C.CCCCCCc1cc(C)sc1C.CCCCCCc1cc(C)sc1C.CCCCCCc1cc(C)sc1C.CN(C)[C-]=S.Cc1cc(CCBr)c(C)s1.Cc1cc(CCS)c(C)s1.Cc1cc(CCS)c(C)s1.Cc1cc(CCSC(=O)/C=C/c2ccccc2)c(C)s1.Cc1cc(CCSC(=S)N(C)C)c(C)s1.O=C(Cl)/C=C/c1ccccc1.[Na+].[OH-].[SH-]. The number of rotatable bonds is 42. The van der Waals surface area contributed by atoms with Crippen molar-refractivity contribution in [2.45, 2.75) is 366 Å². The summed E-state index contributed by atoms with van der Waals surface area (Å²) < 4.78 is 0.972. The molecule has 0 spiro atoms. The number of halogens is 2. The zero-order valence-corrected chi connectivity index (χ0v) is 115. The topological polar surface area (TPSA) is 70.6 Å². The molecule has 0 aliphatic rings. The van der Waals surface area contributed by atoms with E-state index in [2.05, 4.69) is 293 Å². The normalized spacial score (nSPS) is 10.3. The Morgan fingerprint density at radius 2 is 0.537 bits per heavy atom. The number of thiocarbonyl (C=S) groups is 2. The molecule has 10 heterocycles. The number of thiophene rings is 10. The number of nitrogens with zero attached hydrogens (tertiary/aromatic N) is 2. The van der Waals surface area contributed by atoms with Crippen LogP contribution >= 0.6 is 214 Å². The van der Waals surface area contributed by atoms with Gasteiger partial charge in [-0.15, -0.1) is 113 Å². The van der Waals surface area contributed by atoms with Gasteiger partial charge in [0.1, 0.15) is 4.32 Å². The Labute approximate surface area is 1020 Å². The van der Waals surface area contributed by atoms with Crippen molar-refractivity contribution in [3.8, 4) is 0 Å². The van der Waals surface area contributed by atoms with E-state index in [0.717, 1.165) is 75.9 Å². The number of aryl methyl sites for hydroxylation is 30. The molecule has 0 unspecified atom stereocenters. The van der Waals surface area contributed by atoms with Gasteiger partial charge in [-0.25, -0.2) is 0 Å². The van der Waals surface area contributed by atoms with E-state index < -0.39 is 5.24 Å². The summed E-state index contributed by atoms with van der Waals surface area (Å²) >= 11 is 48.7. The third-order valence-corrected chi connectivity index (χ3v) is 37.2. The van der Waals surface area contributed by atoms with E-state index in [9.17, 15) is 9.59 Å². The van der Waals surface area contributed by atoms with E-state index in [1.165, 1.54) is 304 Å². The zero-order valence-electron chi connectivity index (χ0n) is 96.6. The summed E-state index contributed by atoms with van der Waals surface area (Å²) in [6.45, 7) is 55.2. The minimum Gasteiger partial charge on any atom is -0.870 e. The van der Waals surface area contributed by atoms with Crippen LogP contribution in [0.3, 0.4) is 0 Å². The number of carbonyl (C=O) groups is 2. The third kappa shape index (κ3) is 74.5. The van der Waals surface area contributed by atoms with E-state index in [1.54, 1.807) is 56.6 Å². The van der Waals surface area contributed by atoms with E-state index in [-0.39, 0.29) is 53.6 Å². The predicted octanol–water partition coefficient (Wildman–Crippen LogP) is 39.2. The van der Waals surface area contributed by atoms with E-state index in [1.807, 2.05) is 213 Å². The fourth-order valence-electron chi connectivity index (χ4n) is 15.5. The number of allylic oxidation sites excluding steroid dienone is 1. The van der Waals surface area contributed by atoms with Gasteiger partial charge in [0.05, 0.1) is 0 Å². The van der Waals surface area contributed by atoms with Crippen molar-refractivity contribution in [2.75, 3.05) is 56.5 Å². The van der Waals surface area contributed by atoms with Crippen molar-refractivity contribution in [2.24, 2.45) is 0 Å². The Balaban J connectivity index is -0.00000157. The minimum absolute atomic E-state index is 0. The summed E-state index contributed by atoms with van der Waals surface area (Å²) in [7, 11) is 7.67. The molecular formula is C124H185BrClN2NaO3S17-2. The largest absolute Gasteiger partial charge is 1.00 e. The molecule has 12 aromatic rings. The first-order chi connectivity index (χ1) is 69.6. The fraction of sp³-hybridized carbons (Fsp3) is 0.516. The molecule has 2 aromatic carbocycles. The number of alkyl halides is 1.